The van der Waals surface area contributed by atoms with Crippen molar-refractivity contribution in [1.29, 1.82) is 0 Å². The number of aliphatic carboxylic acids is 1. The third-order valence-corrected chi connectivity index (χ3v) is 2.99. The molecular formula is C13H16N2O4. The molecule has 0 fully saturated rings. The van der Waals surface area contributed by atoms with Gasteiger partial charge in [-0.2, -0.15) is 0 Å². The lowest BCUT2D eigenvalue weighted by atomic mass is 10.0. The Morgan fingerprint density at radius 3 is 3.00 bits per heavy atom. The van der Waals surface area contributed by atoms with Gasteiger partial charge in [0.1, 0.15) is 11.8 Å². The summed E-state index contributed by atoms with van der Waals surface area (Å²) in [6.07, 6.45) is 1.41. The summed E-state index contributed by atoms with van der Waals surface area (Å²) >= 11 is 0. The second kappa shape index (κ2) is 5.71. The number of anilines is 1. The zero-order chi connectivity index (χ0) is 13.8. The van der Waals surface area contributed by atoms with E-state index in [1.807, 2.05) is 6.07 Å². The summed E-state index contributed by atoms with van der Waals surface area (Å²) < 4.78 is 5.46. The number of carbonyl (C=O) groups excluding carboxylic acids is 1. The van der Waals surface area contributed by atoms with Crippen molar-refractivity contribution in [3.8, 4) is 5.75 Å². The zero-order valence-electron chi connectivity index (χ0n) is 10.4. The number of ether oxygens (including phenoxy) is 1. The van der Waals surface area contributed by atoms with Crippen molar-refractivity contribution in [2.45, 2.75) is 25.3 Å². The molecule has 1 amide bonds. The van der Waals surface area contributed by atoms with Gasteiger partial charge in [0.15, 0.2) is 0 Å². The quantitative estimate of drug-likeness (QED) is 0.728. The Labute approximate surface area is 110 Å². The largest absolute Gasteiger partial charge is 0.494 e. The van der Waals surface area contributed by atoms with E-state index < -0.39 is 12.0 Å². The lowest BCUT2D eigenvalue weighted by Crippen LogP contribution is -2.31. The zero-order valence-corrected chi connectivity index (χ0v) is 10.4. The van der Waals surface area contributed by atoms with E-state index in [1.165, 1.54) is 0 Å². The molecule has 0 radical (unpaired) electrons. The highest BCUT2D eigenvalue weighted by Gasteiger charge is 2.15. The summed E-state index contributed by atoms with van der Waals surface area (Å²) in [5.74, 6) is -0.349. The predicted octanol–water partition coefficient (Wildman–Crippen LogP) is 0.752. The Kier molecular flexibility index (Phi) is 4.01. The first kappa shape index (κ1) is 13.4. The Balaban J connectivity index is 1.92. The van der Waals surface area contributed by atoms with Crippen molar-refractivity contribution in [3.05, 3.63) is 23.8 Å². The van der Waals surface area contributed by atoms with E-state index in [9.17, 15) is 9.59 Å². The van der Waals surface area contributed by atoms with Crippen LogP contribution >= 0.6 is 0 Å². The first-order chi connectivity index (χ1) is 9.06. The average molecular weight is 264 g/mol. The molecule has 1 aliphatic heterocycles. The van der Waals surface area contributed by atoms with Gasteiger partial charge >= 0.3 is 5.97 Å². The molecular weight excluding hydrogens is 248 g/mol. The molecule has 0 saturated heterocycles. The lowest BCUT2D eigenvalue weighted by Gasteiger charge is -2.17. The number of fused-ring (bicyclic) bond motifs is 1. The number of hydrogen-bond donors (Lipinski definition) is 3. The van der Waals surface area contributed by atoms with Gasteiger partial charge in [0, 0.05) is 18.5 Å². The maximum Gasteiger partial charge on any atom is 0.320 e. The van der Waals surface area contributed by atoms with Crippen molar-refractivity contribution in [1.82, 2.24) is 0 Å². The Morgan fingerprint density at radius 1 is 1.47 bits per heavy atom. The van der Waals surface area contributed by atoms with Crippen molar-refractivity contribution in [2.75, 3.05) is 11.9 Å². The lowest BCUT2D eigenvalue weighted by molar-refractivity contribution is -0.138. The SMILES string of the molecule is NC(CCOc1ccc2c(c1)CCC(=O)N2)C(=O)O. The molecule has 1 atom stereocenters. The van der Waals surface area contributed by atoms with Gasteiger partial charge in [-0.05, 0) is 30.2 Å². The first-order valence-corrected chi connectivity index (χ1v) is 6.10. The Morgan fingerprint density at radius 2 is 2.26 bits per heavy atom. The van der Waals surface area contributed by atoms with Crippen LogP contribution in [0, 0.1) is 0 Å². The van der Waals surface area contributed by atoms with Crippen LogP contribution in [0.4, 0.5) is 5.69 Å². The highest BCUT2D eigenvalue weighted by molar-refractivity contribution is 5.93. The molecule has 1 unspecified atom stereocenters. The normalized spacial score (nSPS) is 15.3. The van der Waals surface area contributed by atoms with Gasteiger partial charge in [0.25, 0.3) is 0 Å². The van der Waals surface area contributed by atoms with Crippen LogP contribution in [-0.2, 0) is 16.0 Å². The molecule has 1 aromatic carbocycles. The Bertz CT molecular complexity index is 501. The predicted molar refractivity (Wildman–Crippen MR) is 69.1 cm³/mol. The van der Waals surface area contributed by atoms with Gasteiger partial charge in [0.05, 0.1) is 6.61 Å². The molecule has 1 aromatic rings. The number of hydrogen-bond acceptors (Lipinski definition) is 4. The number of nitrogens with two attached hydrogens (primary N) is 1. The van der Waals surface area contributed by atoms with Gasteiger partial charge in [0.2, 0.25) is 5.91 Å². The van der Waals surface area contributed by atoms with Crippen LogP contribution < -0.4 is 15.8 Å². The van der Waals surface area contributed by atoms with Crippen LogP contribution in [0.1, 0.15) is 18.4 Å². The van der Waals surface area contributed by atoms with Gasteiger partial charge in [-0.3, -0.25) is 9.59 Å². The molecule has 6 nitrogen and oxygen atoms in total. The van der Waals surface area contributed by atoms with Gasteiger partial charge in [-0.1, -0.05) is 0 Å². The van der Waals surface area contributed by atoms with Crippen LogP contribution in [0.15, 0.2) is 18.2 Å². The smallest absolute Gasteiger partial charge is 0.320 e. The third-order valence-electron chi connectivity index (χ3n) is 2.99. The number of carboxylic acids is 1. The van der Waals surface area contributed by atoms with E-state index in [-0.39, 0.29) is 18.9 Å². The van der Waals surface area contributed by atoms with Crippen molar-refractivity contribution < 1.29 is 19.4 Å². The molecule has 0 aliphatic carbocycles. The Hall–Kier alpha value is -2.08. The van der Waals surface area contributed by atoms with Crippen LogP contribution in [-0.4, -0.2) is 29.6 Å². The van der Waals surface area contributed by atoms with Crippen LogP contribution in [0.3, 0.4) is 0 Å². The van der Waals surface area contributed by atoms with Crippen molar-refractivity contribution in [2.24, 2.45) is 5.73 Å². The topological polar surface area (TPSA) is 102 Å². The number of amides is 1. The fraction of sp³-hybridized carbons (Fsp3) is 0.385. The summed E-state index contributed by atoms with van der Waals surface area (Å²) in [4.78, 5) is 21.8. The number of nitrogens with one attached hydrogen (secondary N) is 1. The summed E-state index contributed by atoms with van der Waals surface area (Å²) in [5.41, 5.74) is 7.22. The maximum atomic E-state index is 11.2. The summed E-state index contributed by atoms with van der Waals surface area (Å²) in [6, 6.07) is 4.49. The second-order valence-electron chi connectivity index (χ2n) is 4.45. The first-order valence-electron chi connectivity index (χ1n) is 6.10. The standard InChI is InChI=1S/C13H16N2O4/c14-10(13(17)18)5-6-19-9-2-3-11-8(7-9)1-4-12(16)15-11/h2-3,7,10H,1,4-6,14H2,(H,15,16)(H,17,18). The van der Waals surface area contributed by atoms with E-state index >= 15 is 0 Å². The number of rotatable bonds is 5. The fourth-order valence-electron chi connectivity index (χ4n) is 1.88. The maximum absolute atomic E-state index is 11.2. The van der Waals surface area contributed by atoms with E-state index in [4.69, 9.17) is 15.6 Å². The summed E-state index contributed by atoms with van der Waals surface area (Å²) in [6.45, 7) is 0.249. The van der Waals surface area contributed by atoms with E-state index in [1.54, 1.807) is 12.1 Å². The third kappa shape index (κ3) is 3.45. The monoisotopic (exact) mass is 264 g/mol. The van der Waals surface area contributed by atoms with Crippen molar-refractivity contribution in [3.63, 3.8) is 0 Å². The second-order valence-corrected chi connectivity index (χ2v) is 4.45. The molecule has 102 valence electrons. The van der Waals surface area contributed by atoms with Crippen LogP contribution in [0.2, 0.25) is 0 Å². The molecule has 19 heavy (non-hydrogen) atoms. The summed E-state index contributed by atoms with van der Waals surface area (Å²) in [7, 11) is 0. The molecule has 1 aliphatic rings. The minimum absolute atomic E-state index is 0.0219. The highest BCUT2D eigenvalue weighted by Crippen LogP contribution is 2.26. The molecule has 0 bridgehead atoms. The minimum Gasteiger partial charge on any atom is -0.494 e. The van der Waals surface area contributed by atoms with Gasteiger partial charge in [-0.25, -0.2) is 0 Å². The van der Waals surface area contributed by atoms with Crippen LogP contribution in [0.25, 0.3) is 0 Å². The molecule has 6 heteroatoms. The molecule has 1 heterocycles. The molecule has 0 spiro atoms. The molecule has 4 N–H and O–H groups in total. The molecule has 0 saturated carbocycles. The highest BCUT2D eigenvalue weighted by atomic mass is 16.5. The number of aryl methyl sites for hydroxylation is 1. The number of carbonyl (C=O) groups is 2. The van der Waals surface area contributed by atoms with Crippen LogP contribution in [0.5, 0.6) is 5.75 Å². The molecule has 0 aromatic heterocycles. The average Bonchev–Trinajstić information content (AvgIpc) is 2.38. The van der Waals surface area contributed by atoms with Gasteiger partial charge < -0.3 is 20.9 Å². The fourth-order valence-corrected chi connectivity index (χ4v) is 1.88. The number of carboxylic acid groups (broad SMARTS) is 1. The van der Waals surface area contributed by atoms with E-state index in [2.05, 4.69) is 5.32 Å². The number of benzene rings is 1. The van der Waals surface area contributed by atoms with Crippen molar-refractivity contribution >= 4 is 17.6 Å². The van der Waals surface area contributed by atoms with E-state index in [0.717, 1.165) is 11.3 Å². The van der Waals surface area contributed by atoms with Gasteiger partial charge in [-0.15, -0.1) is 0 Å². The summed E-state index contributed by atoms with van der Waals surface area (Å²) in [5, 5.41) is 11.4. The molecule has 2 rings (SSSR count). The van der Waals surface area contributed by atoms with E-state index in [0.29, 0.717) is 18.6 Å². The minimum atomic E-state index is -1.03.